The van der Waals surface area contributed by atoms with Crippen LogP contribution < -0.4 is 10.9 Å². The number of sulfonamides is 1. The molecule has 8 heteroatoms. The van der Waals surface area contributed by atoms with Crippen LogP contribution in [0, 0.1) is 0 Å². The first kappa shape index (κ1) is 18.9. The molecule has 0 radical (unpaired) electrons. The predicted molar refractivity (Wildman–Crippen MR) is 95.2 cm³/mol. The monoisotopic (exact) mass is 372 g/mol. The van der Waals surface area contributed by atoms with Crippen molar-refractivity contribution in [3.8, 4) is 0 Å². The van der Waals surface area contributed by atoms with Crippen LogP contribution in [0.3, 0.4) is 0 Å². The van der Waals surface area contributed by atoms with Crippen molar-refractivity contribution in [3.05, 3.63) is 40.8 Å². The van der Waals surface area contributed by atoms with Gasteiger partial charge in [0.2, 0.25) is 10.0 Å². The summed E-state index contributed by atoms with van der Waals surface area (Å²) in [5.41, 5.74) is -0.0567. The number of fused-ring (bicyclic) bond motifs is 1. The van der Waals surface area contributed by atoms with E-state index < -0.39 is 15.6 Å². The smallest absolute Gasteiger partial charge is 0.336 e. The summed E-state index contributed by atoms with van der Waals surface area (Å²) in [6.07, 6.45) is 1.58. The summed E-state index contributed by atoms with van der Waals surface area (Å²) in [6, 6.07) is 7.49. The van der Waals surface area contributed by atoms with Crippen molar-refractivity contribution < 1.29 is 12.8 Å². The van der Waals surface area contributed by atoms with Crippen LogP contribution >= 0.6 is 12.4 Å². The van der Waals surface area contributed by atoms with Crippen molar-refractivity contribution in [3.63, 3.8) is 0 Å². The van der Waals surface area contributed by atoms with Gasteiger partial charge < -0.3 is 9.73 Å². The van der Waals surface area contributed by atoms with Crippen molar-refractivity contribution in [2.45, 2.75) is 30.7 Å². The Labute approximate surface area is 147 Å². The molecule has 3 rings (SSSR count). The van der Waals surface area contributed by atoms with Crippen LogP contribution in [0.4, 0.5) is 0 Å². The van der Waals surface area contributed by atoms with Gasteiger partial charge in [-0.25, -0.2) is 13.2 Å². The lowest BCUT2D eigenvalue weighted by Crippen LogP contribution is -2.41. The number of halogens is 1. The second-order valence-electron chi connectivity index (χ2n) is 5.72. The zero-order valence-corrected chi connectivity index (χ0v) is 15.0. The number of benzene rings is 1. The predicted octanol–water partition coefficient (Wildman–Crippen LogP) is 1.98. The minimum Gasteiger partial charge on any atom is -0.423 e. The van der Waals surface area contributed by atoms with E-state index in [0.29, 0.717) is 24.1 Å². The maximum atomic E-state index is 13.0. The third-order valence-electron chi connectivity index (χ3n) is 4.08. The van der Waals surface area contributed by atoms with Gasteiger partial charge in [0.05, 0.1) is 4.90 Å². The van der Waals surface area contributed by atoms with Crippen LogP contribution in [0.15, 0.2) is 44.4 Å². The molecule has 0 spiro atoms. The number of hydrogen-bond donors (Lipinski definition) is 1. The van der Waals surface area contributed by atoms with Gasteiger partial charge in [-0.1, -0.05) is 6.92 Å². The van der Waals surface area contributed by atoms with Gasteiger partial charge in [0.1, 0.15) is 5.58 Å². The van der Waals surface area contributed by atoms with Crippen LogP contribution in [0.5, 0.6) is 0 Å². The van der Waals surface area contributed by atoms with Gasteiger partial charge >= 0.3 is 5.63 Å². The SMILES string of the molecule is CCCN(C1CCNC1)S(=O)(=O)c1ccc2oc(=O)ccc2c1.Cl. The highest BCUT2D eigenvalue weighted by atomic mass is 35.5. The molecule has 0 aliphatic carbocycles. The molecule has 1 unspecified atom stereocenters. The molecule has 1 aliphatic heterocycles. The molecule has 0 bridgehead atoms. The molecule has 2 heterocycles. The summed E-state index contributed by atoms with van der Waals surface area (Å²) in [5, 5.41) is 3.82. The van der Waals surface area contributed by atoms with Gasteiger partial charge in [0.25, 0.3) is 0 Å². The lowest BCUT2D eigenvalue weighted by Gasteiger charge is -2.27. The summed E-state index contributed by atoms with van der Waals surface area (Å²) in [6.45, 7) is 3.99. The highest BCUT2D eigenvalue weighted by Gasteiger charge is 2.32. The van der Waals surface area contributed by atoms with E-state index >= 15 is 0 Å². The topological polar surface area (TPSA) is 79.6 Å². The van der Waals surface area contributed by atoms with Gasteiger partial charge in [-0.3, -0.25) is 0 Å². The Morgan fingerprint density at radius 2 is 2.08 bits per heavy atom. The van der Waals surface area contributed by atoms with Crippen LogP contribution in [-0.4, -0.2) is 38.4 Å². The molecule has 1 saturated heterocycles. The zero-order valence-electron chi connectivity index (χ0n) is 13.4. The molecule has 6 nitrogen and oxygen atoms in total. The van der Waals surface area contributed by atoms with E-state index in [1.54, 1.807) is 22.5 Å². The molecule has 1 fully saturated rings. The molecule has 0 amide bonds. The van der Waals surface area contributed by atoms with Crippen LogP contribution in [0.25, 0.3) is 11.0 Å². The quantitative estimate of drug-likeness (QED) is 0.812. The molecule has 1 N–H and O–H groups in total. The van der Waals surface area contributed by atoms with Crippen molar-refractivity contribution in [2.24, 2.45) is 0 Å². The Kier molecular flexibility index (Phi) is 6.03. The van der Waals surface area contributed by atoms with Gasteiger partial charge in [-0.05, 0) is 43.7 Å². The van der Waals surface area contributed by atoms with E-state index in [1.807, 2.05) is 6.92 Å². The third kappa shape index (κ3) is 3.64. The number of nitrogens with one attached hydrogen (secondary N) is 1. The Balaban J connectivity index is 0.00000208. The zero-order chi connectivity index (χ0) is 16.4. The average molecular weight is 373 g/mol. The summed E-state index contributed by atoms with van der Waals surface area (Å²) in [4.78, 5) is 11.5. The van der Waals surface area contributed by atoms with E-state index in [4.69, 9.17) is 4.42 Å². The van der Waals surface area contributed by atoms with Crippen LogP contribution in [0.1, 0.15) is 19.8 Å². The Morgan fingerprint density at radius 1 is 1.29 bits per heavy atom. The molecule has 1 aliphatic rings. The molecule has 1 aromatic heterocycles. The number of nitrogens with zero attached hydrogens (tertiary/aromatic N) is 1. The van der Waals surface area contributed by atoms with Crippen molar-refractivity contribution in [1.29, 1.82) is 0 Å². The summed E-state index contributed by atoms with van der Waals surface area (Å²) in [7, 11) is -3.57. The van der Waals surface area contributed by atoms with Crippen molar-refractivity contribution >= 4 is 33.4 Å². The molecule has 0 saturated carbocycles. The molecule has 1 aromatic carbocycles. The van der Waals surface area contributed by atoms with E-state index in [2.05, 4.69) is 5.32 Å². The Morgan fingerprint density at radius 3 is 2.75 bits per heavy atom. The normalized spacial score (nSPS) is 18.0. The third-order valence-corrected chi connectivity index (χ3v) is 6.03. The Bertz CT molecular complexity index is 860. The van der Waals surface area contributed by atoms with Crippen molar-refractivity contribution in [1.82, 2.24) is 9.62 Å². The maximum absolute atomic E-state index is 13.0. The Hall–Kier alpha value is -1.41. The average Bonchev–Trinajstić information content (AvgIpc) is 3.05. The second-order valence-corrected chi connectivity index (χ2v) is 7.61. The second kappa shape index (κ2) is 7.65. The summed E-state index contributed by atoms with van der Waals surface area (Å²) < 4.78 is 32.7. The minimum absolute atomic E-state index is 0. The lowest BCUT2D eigenvalue weighted by molar-refractivity contribution is 0.335. The summed E-state index contributed by atoms with van der Waals surface area (Å²) >= 11 is 0. The fraction of sp³-hybridized carbons (Fsp3) is 0.438. The first-order chi connectivity index (χ1) is 11.0. The summed E-state index contributed by atoms with van der Waals surface area (Å²) in [5.74, 6) is 0. The molecule has 1 atom stereocenters. The van der Waals surface area contributed by atoms with E-state index in [-0.39, 0.29) is 23.3 Å². The molecular weight excluding hydrogens is 352 g/mol. The van der Waals surface area contributed by atoms with E-state index in [1.165, 1.54) is 12.1 Å². The van der Waals surface area contributed by atoms with Crippen LogP contribution in [0.2, 0.25) is 0 Å². The number of rotatable bonds is 5. The molecule has 24 heavy (non-hydrogen) atoms. The first-order valence-corrected chi connectivity index (χ1v) is 9.23. The molecule has 132 valence electrons. The largest absolute Gasteiger partial charge is 0.423 e. The van der Waals surface area contributed by atoms with Gasteiger partial charge in [0.15, 0.2) is 0 Å². The molecular formula is C16H21ClN2O4S. The highest BCUT2D eigenvalue weighted by Crippen LogP contribution is 2.24. The standard InChI is InChI=1S/C16H20N2O4S.ClH/c1-2-9-18(13-7-8-17-11-13)23(20,21)14-4-5-15-12(10-14)3-6-16(19)22-15;/h3-6,10,13,17H,2,7-9,11H2,1H3;1H. The van der Waals surface area contributed by atoms with E-state index in [9.17, 15) is 13.2 Å². The number of hydrogen-bond acceptors (Lipinski definition) is 5. The highest BCUT2D eigenvalue weighted by molar-refractivity contribution is 7.89. The van der Waals surface area contributed by atoms with Gasteiger partial charge in [0, 0.05) is 30.6 Å². The van der Waals surface area contributed by atoms with E-state index in [0.717, 1.165) is 19.4 Å². The fourth-order valence-corrected chi connectivity index (χ4v) is 4.73. The lowest BCUT2D eigenvalue weighted by atomic mass is 10.2. The minimum atomic E-state index is -3.57. The molecule has 2 aromatic rings. The maximum Gasteiger partial charge on any atom is 0.336 e. The fourth-order valence-electron chi connectivity index (χ4n) is 2.95. The van der Waals surface area contributed by atoms with Crippen molar-refractivity contribution in [2.75, 3.05) is 19.6 Å². The van der Waals surface area contributed by atoms with Crippen LogP contribution in [-0.2, 0) is 10.0 Å². The van der Waals surface area contributed by atoms with Gasteiger partial charge in [-0.2, -0.15) is 4.31 Å². The van der Waals surface area contributed by atoms with Gasteiger partial charge in [-0.15, -0.1) is 12.4 Å². The first-order valence-electron chi connectivity index (χ1n) is 7.79.